The first-order valence-corrected chi connectivity index (χ1v) is 21.7. The molecule has 0 aromatic heterocycles. The zero-order valence-corrected chi connectivity index (χ0v) is 35.8. The van der Waals surface area contributed by atoms with Gasteiger partial charge in [0, 0.05) is 42.1 Å². The van der Waals surface area contributed by atoms with Gasteiger partial charge in [-0.1, -0.05) is 58.4 Å². The lowest BCUT2D eigenvalue weighted by Gasteiger charge is -2.32. The molecule has 2 aromatic carbocycles. The number of carbonyl (C=O) groups excluding carboxylic acids is 4. The summed E-state index contributed by atoms with van der Waals surface area (Å²) in [5.41, 5.74) is 2.27. The molecule has 0 heterocycles. The van der Waals surface area contributed by atoms with Crippen molar-refractivity contribution in [3.05, 3.63) is 66.3 Å². The van der Waals surface area contributed by atoms with Gasteiger partial charge < -0.3 is 18.9 Å². The summed E-state index contributed by atoms with van der Waals surface area (Å²) < 4.78 is 24.1. The molecule has 2 aromatic rings. The minimum atomic E-state index is -0.759. The molecule has 0 saturated heterocycles. The number of Topliss-reactive ketones (excluding diaryl/α,β-unsaturated/α-hetero) is 3. The molecule has 4 fully saturated rings. The summed E-state index contributed by atoms with van der Waals surface area (Å²) in [4.78, 5) is 55.9. The summed E-state index contributed by atoms with van der Waals surface area (Å²) in [6.07, 6.45) is 12.2. The van der Waals surface area contributed by atoms with Crippen LogP contribution in [0.5, 0.6) is 11.5 Å². The third kappa shape index (κ3) is 9.22. The van der Waals surface area contributed by atoms with E-state index in [-0.39, 0.29) is 48.2 Å². The number of benzene rings is 2. The van der Waals surface area contributed by atoms with Gasteiger partial charge in [0.15, 0.2) is 0 Å². The van der Waals surface area contributed by atoms with Crippen molar-refractivity contribution in [3.8, 4) is 11.5 Å². The summed E-state index contributed by atoms with van der Waals surface area (Å²) in [6, 6.07) is 10.2. The predicted octanol–water partition coefficient (Wildman–Crippen LogP) is 10.1. The van der Waals surface area contributed by atoms with Gasteiger partial charge in [-0.3, -0.25) is 19.2 Å². The molecular weight excluding hydrogens is 729 g/mol. The third-order valence-corrected chi connectivity index (χ3v) is 13.8. The van der Waals surface area contributed by atoms with Crippen molar-refractivity contribution in [2.75, 3.05) is 20.3 Å². The molecule has 5 aliphatic rings. The zero-order chi connectivity index (χ0) is 41.5. The van der Waals surface area contributed by atoms with Gasteiger partial charge in [0.05, 0.1) is 13.0 Å². The predicted molar refractivity (Wildman–Crippen MR) is 226 cm³/mol. The largest absolute Gasteiger partial charge is 0.491 e. The molecule has 58 heavy (non-hydrogen) atoms. The number of carbonyl (C=O) groups is 4. The van der Waals surface area contributed by atoms with E-state index in [1.54, 1.807) is 20.1 Å². The first-order valence-electron chi connectivity index (χ1n) is 21.7. The Balaban J connectivity index is 1.18. The molecule has 8 unspecified atom stereocenters. The van der Waals surface area contributed by atoms with Crippen LogP contribution in [0.2, 0.25) is 0 Å². The maximum absolute atomic E-state index is 14.9. The Hall–Kier alpha value is -4.04. The summed E-state index contributed by atoms with van der Waals surface area (Å²) in [5.74, 6) is 0.813. The van der Waals surface area contributed by atoms with Crippen LogP contribution in [0.1, 0.15) is 111 Å². The number of ketones is 3. The summed E-state index contributed by atoms with van der Waals surface area (Å²) in [7, 11) is 1.65. The SMILES string of the molecule is C=CC1CC1(CC(=O)C1CC(Oc2cc(C3=CCC(CC(C)C)=C3)cc3cc(OCCOC)ccc23)CC1C(=O)C(CC(=O)OC1CC2CC2C1)C(C)(C)C)C(C)=O. The number of methoxy groups -OCH3 is 1. The molecule has 0 radical (unpaired) electrons. The number of ether oxygens (including phenoxy) is 4. The van der Waals surface area contributed by atoms with Crippen molar-refractivity contribution in [2.24, 2.45) is 52.3 Å². The zero-order valence-electron chi connectivity index (χ0n) is 35.8. The maximum Gasteiger partial charge on any atom is 0.306 e. The second-order valence-corrected chi connectivity index (χ2v) is 19.7. The summed E-state index contributed by atoms with van der Waals surface area (Å²) >= 11 is 0. The highest BCUT2D eigenvalue weighted by Gasteiger charge is 2.59. The Morgan fingerprint density at radius 3 is 2.34 bits per heavy atom. The van der Waals surface area contributed by atoms with Crippen LogP contribution in [0.3, 0.4) is 0 Å². The first-order chi connectivity index (χ1) is 27.6. The van der Waals surface area contributed by atoms with Crippen LogP contribution < -0.4 is 9.47 Å². The van der Waals surface area contributed by atoms with Gasteiger partial charge in [-0.05, 0) is 134 Å². The van der Waals surface area contributed by atoms with E-state index in [9.17, 15) is 19.2 Å². The normalized spacial score (nSPS) is 29.1. The number of rotatable bonds is 19. The van der Waals surface area contributed by atoms with Crippen LogP contribution in [0.15, 0.2) is 60.7 Å². The average molecular weight is 793 g/mol. The molecule has 0 bridgehead atoms. The summed E-state index contributed by atoms with van der Waals surface area (Å²) in [6.45, 7) is 16.8. The lowest BCUT2D eigenvalue weighted by molar-refractivity contribution is -0.154. The van der Waals surface area contributed by atoms with E-state index in [0.717, 1.165) is 53.3 Å². The van der Waals surface area contributed by atoms with E-state index in [0.29, 0.717) is 56.0 Å². The van der Waals surface area contributed by atoms with E-state index in [4.69, 9.17) is 18.9 Å². The van der Waals surface area contributed by atoms with Crippen molar-refractivity contribution in [2.45, 2.75) is 118 Å². The van der Waals surface area contributed by atoms with Crippen LogP contribution in [-0.2, 0) is 28.7 Å². The maximum atomic E-state index is 14.9. The van der Waals surface area contributed by atoms with Gasteiger partial charge in [-0.2, -0.15) is 0 Å². The number of hydrogen-bond donors (Lipinski definition) is 0. The third-order valence-electron chi connectivity index (χ3n) is 13.8. The quantitative estimate of drug-likeness (QED) is 0.0787. The Labute approximate surface area is 345 Å². The fourth-order valence-corrected chi connectivity index (χ4v) is 10.4. The van der Waals surface area contributed by atoms with E-state index in [1.807, 2.05) is 39.0 Å². The topological polar surface area (TPSA) is 105 Å². The molecule has 8 nitrogen and oxygen atoms in total. The minimum Gasteiger partial charge on any atom is -0.491 e. The van der Waals surface area contributed by atoms with Gasteiger partial charge in [-0.25, -0.2) is 0 Å². The molecule has 5 aliphatic carbocycles. The van der Waals surface area contributed by atoms with Crippen molar-refractivity contribution in [1.29, 1.82) is 0 Å². The van der Waals surface area contributed by atoms with Crippen molar-refractivity contribution < 1.29 is 38.1 Å². The Bertz CT molecular complexity index is 1990. The lowest BCUT2D eigenvalue weighted by Crippen LogP contribution is -2.39. The van der Waals surface area contributed by atoms with Crippen molar-refractivity contribution in [1.82, 2.24) is 0 Å². The first kappa shape index (κ1) is 42.1. The Morgan fingerprint density at radius 2 is 1.69 bits per heavy atom. The Kier molecular flexibility index (Phi) is 12.3. The molecule has 312 valence electrons. The van der Waals surface area contributed by atoms with Crippen molar-refractivity contribution >= 4 is 39.7 Å². The second kappa shape index (κ2) is 16.9. The molecule has 8 heteroatoms. The van der Waals surface area contributed by atoms with Crippen LogP contribution in [0, 0.1) is 52.3 Å². The molecule has 0 amide bonds. The lowest BCUT2D eigenvalue weighted by atomic mass is 9.70. The number of allylic oxidation sites excluding steroid dienone is 5. The van der Waals surface area contributed by atoms with E-state index in [2.05, 4.69) is 44.7 Å². The molecule has 0 aliphatic heterocycles. The molecule has 0 spiro atoms. The molecule has 7 rings (SSSR count). The van der Waals surface area contributed by atoms with E-state index in [1.165, 1.54) is 12.0 Å². The van der Waals surface area contributed by atoms with Gasteiger partial charge in [-0.15, -0.1) is 6.58 Å². The Morgan fingerprint density at radius 1 is 0.948 bits per heavy atom. The molecule has 4 saturated carbocycles. The van der Waals surface area contributed by atoms with Crippen LogP contribution in [-0.4, -0.2) is 55.9 Å². The summed E-state index contributed by atoms with van der Waals surface area (Å²) in [5, 5.41) is 1.87. The molecular formula is C50H64O8. The van der Waals surface area contributed by atoms with E-state index >= 15 is 0 Å². The molecule has 8 atom stereocenters. The van der Waals surface area contributed by atoms with Gasteiger partial charge in [0.2, 0.25) is 0 Å². The smallest absolute Gasteiger partial charge is 0.306 e. The van der Waals surface area contributed by atoms with Gasteiger partial charge in [0.25, 0.3) is 0 Å². The second-order valence-electron chi connectivity index (χ2n) is 19.7. The average Bonchev–Trinajstić information content (AvgIpc) is 3.83. The fourth-order valence-electron chi connectivity index (χ4n) is 10.4. The highest BCUT2D eigenvalue weighted by atomic mass is 16.5. The van der Waals surface area contributed by atoms with Gasteiger partial charge in [0.1, 0.15) is 47.7 Å². The monoisotopic (exact) mass is 792 g/mol. The minimum absolute atomic E-state index is 0.0139. The highest BCUT2D eigenvalue weighted by molar-refractivity contribution is 5.98. The molecule has 0 N–H and O–H groups in total. The van der Waals surface area contributed by atoms with Crippen molar-refractivity contribution in [3.63, 3.8) is 0 Å². The number of esters is 1. The van der Waals surface area contributed by atoms with E-state index < -0.39 is 34.7 Å². The highest BCUT2D eigenvalue weighted by Crippen LogP contribution is 2.58. The number of hydrogen-bond acceptors (Lipinski definition) is 8. The van der Waals surface area contributed by atoms with Crippen LogP contribution >= 0.6 is 0 Å². The number of fused-ring (bicyclic) bond motifs is 2. The van der Waals surface area contributed by atoms with Crippen LogP contribution in [0.25, 0.3) is 16.3 Å². The standard InChI is InChI=1S/C50H64O8/c1-9-37-27-50(37,30(4)51)28-45(52)42-24-40(25-43(42)48(54)44(49(5,6)7)26-47(53)58-39-20-33-18-34(33)21-39)57-46-23-35(32-11-10-31(17-32)16-29(2)3)19-36-22-38(12-13-41(36)46)56-15-14-55-8/h9,11-13,17,19,22-23,29,33-34,37,39-40,42-44H,1,10,14-16,18,20-21,24-28H2,2-8H3. The fraction of sp³-hybridized carbons (Fsp3) is 0.600. The van der Waals surface area contributed by atoms with Gasteiger partial charge >= 0.3 is 5.97 Å². The van der Waals surface area contributed by atoms with Crippen LogP contribution in [0.4, 0.5) is 0 Å².